The van der Waals surface area contributed by atoms with Crippen LogP contribution >= 0.6 is 0 Å². The molecule has 0 bridgehead atoms. The van der Waals surface area contributed by atoms with Gasteiger partial charge in [0.05, 0.1) is 0 Å². The Morgan fingerprint density at radius 3 is 2.75 bits per heavy atom. The van der Waals surface area contributed by atoms with Crippen molar-refractivity contribution in [2.24, 2.45) is 5.73 Å². The largest absolute Gasteiger partial charge is 0.330 e. The zero-order chi connectivity index (χ0) is 11.5. The van der Waals surface area contributed by atoms with Gasteiger partial charge in [-0.15, -0.1) is 0 Å². The summed E-state index contributed by atoms with van der Waals surface area (Å²) in [5, 5.41) is 7.83. The van der Waals surface area contributed by atoms with Crippen molar-refractivity contribution in [3.05, 3.63) is 35.0 Å². The van der Waals surface area contributed by atoms with Gasteiger partial charge in [-0.05, 0) is 31.1 Å². The van der Waals surface area contributed by atoms with Crippen LogP contribution in [-0.4, -0.2) is 16.9 Å². The van der Waals surface area contributed by atoms with E-state index in [-0.39, 0.29) is 0 Å². The summed E-state index contributed by atoms with van der Waals surface area (Å²) in [5.41, 5.74) is 10.6. The highest BCUT2D eigenvalue weighted by Crippen LogP contribution is 2.24. The van der Waals surface area contributed by atoms with Gasteiger partial charge >= 0.3 is 0 Å². The molecule has 0 fully saturated rings. The van der Waals surface area contributed by atoms with E-state index in [1.165, 1.54) is 11.1 Å². The van der Waals surface area contributed by atoms with Crippen LogP contribution in [0.3, 0.4) is 0 Å². The van der Waals surface area contributed by atoms with Gasteiger partial charge in [-0.3, -0.25) is 0 Å². The van der Waals surface area contributed by atoms with Crippen LogP contribution in [0.2, 0.25) is 0 Å². The number of nitrogens with zero attached hydrogens (tertiary/aromatic N) is 2. The molecule has 0 saturated carbocycles. The molecule has 2 aromatic rings. The summed E-state index contributed by atoms with van der Waals surface area (Å²) in [5.74, 6) is 0. The fourth-order valence-electron chi connectivity index (χ4n) is 1.79. The second-order valence-corrected chi connectivity index (χ2v) is 3.92. The molecule has 0 amide bonds. The Morgan fingerprint density at radius 2 is 2.06 bits per heavy atom. The van der Waals surface area contributed by atoms with Gasteiger partial charge in [0, 0.05) is 12.0 Å². The number of hydrogen-bond donors (Lipinski definition) is 1. The summed E-state index contributed by atoms with van der Waals surface area (Å²) in [6, 6.07) is 6.23. The van der Waals surface area contributed by atoms with E-state index in [2.05, 4.69) is 36.3 Å². The highest BCUT2D eigenvalue weighted by atomic mass is 16.6. The zero-order valence-electron chi connectivity index (χ0n) is 9.53. The van der Waals surface area contributed by atoms with Crippen molar-refractivity contribution in [2.75, 3.05) is 6.54 Å². The maximum absolute atomic E-state index is 5.52. The molecule has 4 nitrogen and oxygen atoms in total. The van der Waals surface area contributed by atoms with Crippen LogP contribution in [0, 0.1) is 13.8 Å². The molecule has 0 aliphatic carbocycles. The van der Waals surface area contributed by atoms with E-state index < -0.39 is 0 Å². The maximum Gasteiger partial charge on any atom is 0.138 e. The van der Waals surface area contributed by atoms with E-state index in [0.717, 1.165) is 17.0 Å². The Labute approximate surface area is 94.4 Å². The van der Waals surface area contributed by atoms with E-state index in [4.69, 9.17) is 10.4 Å². The van der Waals surface area contributed by atoms with Gasteiger partial charge in [-0.2, -0.15) is 0 Å². The summed E-state index contributed by atoms with van der Waals surface area (Å²) < 4.78 is 4.78. The molecule has 0 spiro atoms. The van der Waals surface area contributed by atoms with Crippen LogP contribution in [0.4, 0.5) is 0 Å². The van der Waals surface area contributed by atoms with E-state index in [1.807, 2.05) is 6.07 Å². The van der Waals surface area contributed by atoms with Crippen LogP contribution in [0.1, 0.15) is 16.8 Å². The second-order valence-electron chi connectivity index (χ2n) is 3.92. The third kappa shape index (κ3) is 1.97. The Balaban J connectivity index is 2.46. The molecule has 4 heteroatoms. The topological polar surface area (TPSA) is 64.9 Å². The average Bonchev–Trinajstić information content (AvgIpc) is 2.67. The first-order chi connectivity index (χ1) is 7.72. The van der Waals surface area contributed by atoms with Crippen molar-refractivity contribution in [1.29, 1.82) is 0 Å². The molecule has 16 heavy (non-hydrogen) atoms. The van der Waals surface area contributed by atoms with Gasteiger partial charge in [0.15, 0.2) is 0 Å². The SMILES string of the molecule is Cc1ccc(-c2nonc2CCN)c(C)c1. The highest BCUT2D eigenvalue weighted by Gasteiger charge is 2.13. The summed E-state index contributed by atoms with van der Waals surface area (Å²) in [4.78, 5) is 0. The van der Waals surface area contributed by atoms with Crippen molar-refractivity contribution in [1.82, 2.24) is 10.3 Å². The summed E-state index contributed by atoms with van der Waals surface area (Å²) >= 11 is 0. The Hall–Kier alpha value is -1.68. The van der Waals surface area contributed by atoms with Crippen molar-refractivity contribution in [3.63, 3.8) is 0 Å². The third-order valence-corrected chi connectivity index (χ3v) is 2.57. The zero-order valence-corrected chi connectivity index (χ0v) is 9.53. The quantitative estimate of drug-likeness (QED) is 0.852. The molecule has 2 rings (SSSR count). The molecule has 0 radical (unpaired) electrons. The number of benzene rings is 1. The second kappa shape index (κ2) is 4.45. The molecule has 1 aromatic carbocycles. The van der Waals surface area contributed by atoms with E-state index in [1.54, 1.807) is 0 Å². The minimum Gasteiger partial charge on any atom is -0.330 e. The van der Waals surface area contributed by atoms with Crippen molar-refractivity contribution >= 4 is 0 Å². The molecule has 0 unspecified atom stereocenters. The molecule has 0 saturated heterocycles. The standard InChI is InChI=1S/C12H15N3O/c1-8-3-4-10(9(2)7-8)12-11(5-6-13)14-16-15-12/h3-4,7H,5-6,13H2,1-2H3. The van der Waals surface area contributed by atoms with Crippen molar-refractivity contribution < 1.29 is 4.63 Å². The predicted octanol–water partition coefficient (Wildman–Crippen LogP) is 1.85. The lowest BCUT2D eigenvalue weighted by molar-refractivity contribution is 0.304. The third-order valence-electron chi connectivity index (χ3n) is 2.57. The number of hydrogen-bond acceptors (Lipinski definition) is 4. The first-order valence-electron chi connectivity index (χ1n) is 5.31. The van der Waals surface area contributed by atoms with E-state index in [9.17, 15) is 0 Å². The van der Waals surface area contributed by atoms with Crippen LogP contribution in [0.25, 0.3) is 11.3 Å². The van der Waals surface area contributed by atoms with Crippen LogP contribution in [-0.2, 0) is 6.42 Å². The Bertz CT molecular complexity index is 491. The molecule has 84 valence electrons. The summed E-state index contributed by atoms with van der Waals surface area (Å²) in [6.07, 6.45) is 0.687. The lowest BCUT2D eigenvalue weighted by Crippen LogP contribution is -2.04. The summed E-state index contributed by atoms with van der Waals surface area (Å²) in [6.45, 7) is 4.67. The number of nitrogens with two attached hydrogens (primary N) is 1. The number of rotatable bonds is 3. The van der Waals surface area contributed by atoms with Gasteiger partial charge in [-0.25, -0.2) is 4.63 Å². The summed E-state index contributed by atoms with van der Waals surface area (Å²) in [7, 11) is 0. The molecule has 0 atom stereocenters. The Morgan fingerprint density at radius 1 is 1.25 bits per heavy atom. The molecule has 1 aromatic heterocycles. The first-order valence-corrected chi connectivity index (χ1v) is 5.31. The minimum absolute atomic E-state index is 0.548. The highest BCUT2D eigenvalue weighted by molar-refractivity contribution is 5.65. The van der Waals surface area contributed by atoms with Gasteiger partial charge in [0.2, 0.25) is 0 Å². The Kier molecular flexibility index (Phi) is 3.01. The molecule has 1 heterocycles. The molecule has 2 N–H and O–H groups in total. The lowest BCUT2D eigenvalue weighted by atomic mass is 10.0. The van der Waals surface area contributed by atoms with Crippen molar-refractivity contribution in [3.8, 4) is 11.3 Å². The van der Waals surface area contributed by atoms with Crippen LogP contribution in [0.5, 0.6) is 0 Å². The van der Waals surface area contributed by atoms with Crippen LogP contribution < -0.4 is 5.73 Å². The number of aryl methyl sites for hydroxylation is 2. The lowest BCUT2D eigenvalue weighted by Gasteiger charge is -2.04. The fourth-order valence-corrected chi connectivity index (χ4v) is 1.79. The van der Waals surface area contributed by atoms with E-state index in [0.29, 0.717) is 13.0 Å². The maximum atomic E-state index is 5.52. The van der Waals surface area contributed by atoms with Gasteiger partial charge in [0.25, 0.3) is 0 Å². The molecular formula is C12H15N3O. The average molecular weight is 217 g/mol. The molecular weight excluding hydrogens is 202 g/mol. The normalized spacial score (nSPS) is 10.7. The first kappa shape index (κ1) is 10.8. The fraction of sp³-hybridized carbons (Fsp3) is 0.333. The van der Waals surface area contributed by atoms with Crippen molar-refractivity contribution in [2.45, 2.75) is 20.3 Å². The van der Waals surface area contributed by atoms with Crippen LogP contribution in [0.15, 0.2) is 22.8 Å². The number of aromatic nitrogens is 2. The molecule has 0 aliphatic rings. The monoisotopic (exact) mass is 217 g/mol. The van der Waals surface area contributed by atoms with E-state index >= 15 is 0 Å². The molecule has 0 aliphatic heterocycles. The smallest absolute Gasteiger partial charge is 0.138 e. The van der Waals surface area contributed by atoms with Gasteiger partial charge in [0.1, 0.15) is 11.4 Å². The predicted molar refractivity (Wildman–Crippen MR) is 62.0 cm³/mol. The van der Waals surface area contributed by atoms with Gasteiger partial charge < -0.3 is 5.73 Å². The van der Waals surface area contributed by atoms with Gasteiger partial charge in [-0.1, -0.05) is 28.9 Å². The minimum atomic E-state index is 0.548.